The molecule has 0 atom stereocenters. The van der Waals surface area contributed by atoms with Gasteiger partial charge < -0.3 is 9.72 Å². The minimum absolute atomic E-state index is 0.0238. The fourth-order valence-corrected chi connectivity index (χ4v) is 4.51. The molecule has 0 aliphatic heterocycles. The topological polar surface area (TPSA) is 96.5 Å². The maximum atomic E-state index is 12.9. The first-order valence-electron chi connectivity index (χ1n) is 8.30. The smallest absolute Gasteiger partial charge is 0.339 e. The Kier molecular flexibility index (Phi) is 6.82. The highest BCUT2D eigenvalue weighted by molar-refractivity contribution is 7.89. The van der Waals surface area contributed by atoms with E-state index in [4.69, 9.17) is 16.3 Å². The van der Waals surface area contributed by atoms with Crippen LogP contribution in [0.25, 0.3) is 0 Å². The molecule has 0 unspecified atom stereocenters. The number of Topliss-reactive ketones (excluding diaryl/α,β-unsaturated/α-hetero) is 1. The molecule has 28 heavy (non-hydrogen) atoms. The van der Waals surface area contributed by atoms with Crippen molar-refractivity contribution in [3.8, 4) is 0 Å². The number of halogens is 1. The lowest BCUT2D eigenvalue weighted by Crippen LogP contribution is -2.36. The van der Waals surface area contributed by atoms with Crippen molar-refractivity contribution >= 4 is 33.4 Å². The molecule has 2 rings (SSSR count). The lowest BCUT2D eigenvalue weighted by molar-refractivity contribution is 0.0599. The van der Waals surface area contributed by atoms with Gasteiger partial charge in [-0.25, -0.2) is 13.2 Å². The molecule has 9 heteroatoms. The normalized spacial score (nSPS) is 11.5. The molecular weight excluding hydrogens is 404 g/mol. The number of ether oxygens (including phenoxy) is 1. The highest BCUT2D eigenvalue weighted by atomic mass is 35.5. The molecule has 1 N–H and O–H groups in total. The van der Waals surface area contributed by atoms with Crippen LogP contribution in [0.4, 0.5) is 0 Å². The van der Waals surface area contributed by atoms with Crippen LogP contribution in [0.5, 0.6) is 0 Å². The molecule has 7 nitrogen and oxygen atoms in total. The Bertz CT molecular complexity index is 1030. The van der Waals surface area contributed by atoms with Gasteiger partial charge in [-0.2, -0.15) is 4.31 Å². The zero-order valence-electron chi connectivity index (χ0n) is 15.8. The zero-order valence-corrected chi connectivity index (χ0v) is 17.4. The Morgan fingerprint density at radius 3 is 2.57 bits per heavy atom. The molecule has 0 fully saturated rings. The van der Waals surface area contributed by atoms with E-state index in [1.54, 1.807) is 19.9 Å². The third kappa shape index (κ3) is 4.35. The van der Waals surface area contributed by atoms with Crippen LogP contribution in [0.3, 0.4) is 0 Å². The number of sulfonamides is 1. The van der Waals surface area contributed by atoms with Gasteiger partial charge in [0.15, 0.2) is 5.78 Å². The minimum Gasteiger partial charge on any atom is -0.465 e. The number of carbonyl (C=O) groups is 2. The van der Waals surface area contributed by atoms with Gasteiger partial charge in [0.05, 0.1) is 29.8 Å². The summed E-state index contributed by atoms with van der Waals surface area (Å²) in [5.74, 6) is -1.05. The molecule has 1 aromatic carbocycles. The Morgan fingerprint density at radius 2 is 2.00 bits per heavy atom. The van der Waals surface area contributed by atoms with E-state index in [1.807, 2.05) is 0 Å². The zero-order chi connectivity index (χ0) is 21.1. The number of aromatic amines is 1. The van der Waals surface area contributed by atoms with Gasteiger partial charge in [-0.15, -0.1) is 6.58 Å². The molecule has 1 heterocycles. The van der Waals surface area contributed by atoms with E-state index < -0.39 is 28.3 Å². The van der Waals surface area contributed by atoms with Crippen LogP contribution in [-0.4, -0.2) is 49.7 Å². The highest BCUT2D eigenvalue weighted by Crippen LogP contribution is 2.22. The summed E-state index contributed by atoms with van der Waals surface area (Å²) in [5, 5.41) is 0.268. The fourth-order valence-electron chi connectivity index (χ4n) is 2.84. The number of aromatic nitrogens is 1. The highest BCUT2D eigenvalue weighted by Gasteiger charge is 2.29. The maximum Gasteiger partial charge on any atom is 0.339 e. The van der Waals surface area contributed by atoms with Crippen LogP contribution >= 0.6 is 11.6 Å². The van der Waals surface area contributed by atoms with Crippen molar-refractivity contribution in [3.63, 3.8) is 0 Å². The van der Waals surface area contributed by atoms with Gasteiger partial charge in [-0.05, 0) is 37.6 Å². The summed E-state index contributed by atoms with van der Waals surface area (Å²) in [5.41, 5.74) is 1.31. The Morgan fingerprint density at radius 1 is 1.32 bits per heavy atom. The minimum atomic E-state index is -3.97. The number of esters is 1. The lowest BCUT2D eigenvalue weighted by Gasteiger charge is -2.20. The number of hydrogen-bond donors (Lipinski definition) is 1. The molecule has 0 amide bonds. The number of aryl methyl sites for hydroxylation is 1. The molecule has 0 spiro atoms. The number of methoxy groups -OCH3 is 1. The molecule has 0 bridgehead atoms. The van der Waals surface area contributed by atoms with Crippen molar-refractivity contribution in [1.29, 1.82) is 0 Å². The van der Waals surface area contributed by atoms with Crippen LogP contribution in [0.1, 0.15) is 32.1 Å². The average Bonchev–Trinajstić information content (AvgIpc) is 2.95. The summed E-state index contributed by atoms with van der Waals surface area (Å²) in [6, 6.07) is 5.80. The quantitative estimate of drug-likeness (QED) is 0.399. The third-order valence-electron chi connectivity index (χ3n) is 4.19. The number of benzene rings is 1. The standard InChI is InChI=1S/C19H21ClN2O5S/c1-5-9-22(28(25,26)15-8-6-7-14(20)10-15)11-16(23)18-12(2)17(13(3)21-18)19(24)27-4/h5-8,10,21H,1,9,11H2,2-4H3. The van der Waals surface area contributed by atoms with Crippen LogP contribution in [0.2, 0.25) is 5.02 Å². The van der Waals surface area contributed by atoms with Crippen molar-refractivity contribution in [3.05, 3.63) is 64.5 Å². The monoisotopic (exact) mass is 424 g/mol. The van der Waals surface area contributed by atoms with Gasteiger partial charge in [-0.3, -0.25) is 4.79 Å². The summed E-state index contributed by atoms with van der Waals surface area (Å²) in [6.45, 7) is 6.31. The second-order valence-corrected chi connectivity index (χ2v) is 8.46. The van der Waals surface area contributed by atoms with E-state index in [-0.39, 0.29) is 27.7 Å². The van der Waals surface area contributed by atoms with E-state index in [0.29, 0.717) is 11.3 Å². The fraction of sp³-hybridized carbons (Fsp3) is 0.263. The van der Waals surface area contributed by atoms with Gasteiger partial charge in [0, 0.05) is 17.3 Å². The van der Waals surface area contributed by atoms with Crippen molar-refractivity contribution in [2.75, 3.05) is 20.2 Å². The first-order chi connectivity index (χ1) is 13.1. The largest absolute Gasteiger partial charge is 0.465 e. The van der Waals surface area contributed by atoms with E-state index in [2.05, 4.69) is 11.6 Å². The van der Waals surface area contributed by atoms with Crippen molar-refractivity contribution < 1.29 is 22.7 Å². The Labute approximate surface area is 169 Å². The van der Waals surface area contributed by atoms with Gasteiger partial charge in [-0.1, -0.05) is 23.7 Å². The lowest BCUT2D eigenvalue weighted by atomic mass is 10.1. The number of hydrogen-bond acceptors (Lipinski definition) is 5. The van der Waals surface area contributed by atoms with Crippen LogP contribution in [-0.2, 0) is 14.8 Å². The maximum absolute atomic E-state index is 12.9. The van der Waals surface area contributed by atoms with Crippen LogP contribution in [0, 0.1) is 13.8 Å². The predicted molar refractivity (Wildman–Crippen MR) is 106 cm³/mol. The number of nitrogens with one attached hydrogen (secondary N) is 1. The van der Waals surface area contributed by atoms with Crippen LogP contribution < -0.4 is 0 Å². The van der Waals surface area contributed by atoms with Gasteiger partial charge in [0.25, 0.3) is 0 Å². The van der Waals surface area contributed by atoms with Gasteiger partial charge >= 0.3 is 5.97 Å². The third-order valence-corrected chi connectivity index (χ3v) is 6.24. The van der Waals surface area contributed by atoms with Crippen LogP contribution in [0.15, 0.2) is 41.8 Å². The van der Waals surface area contributed by atoms with Crippen molar-refractivity contribution in [1.82, 2.24) is 9.29 Å². The van der Waals surface area contributed by atoms with E-state index in [9.17, 15) is 18.0 Å². The summed E-state index contributed by atoms with van der Waals surface area (Å²) in [6.07, 6.45) is 1.39. The number of carbonyl (C=O) groups excluding carboxylic acids is 2. The van der Waals surface area contributed by atoms with E-state index in [1.165, 1.54) is 31.4 Å². The number of nitrogens with zero attached hydrogens (tertiary/aromatic N) is 1. The number of H-pyrrole nitrogens is 1. The molecule has 0 saturated heterocycles. The molecule has 0 aliphatic rings. The number of ketones is 1. The number of rotatable bonds is 8. The summed E-state index contributed by atoms with van der Waals surface area (Å²) in [4.78, 5) is 27.6. The second kappa shape index (κ2) is 8.72. The van der Waals surface area contributed by atoms with Gasteiger partial charge in [0.2, 0.25) is 10.0 Å². The van der Waals surface area contributed by atoms with E-state index in [0.717, 1.165) is 4.31 Å². The van der Waals surface area contributed by atoms with Crippen molar-refractivity contribution in [2.45, 2.75) is 18.7 Å². The molecule has 150 valence electrons. The SMILES string of the molecule is C=CCN(CC(=O)c1[nH]c(C)c(C(=O)OC)c1C)S(=O)(=O)c1cccc(Cl)c1. The Hall–Kier alpha value is -2.42. The second-order valence-electron chi connectivity index (χ2n) is 6.08. The average molecular weight is 425 g/mol. The predicted octanol–water partition coefficient (Wildman–Crippen LogP) is 3.13. The summed E-state index contributed by atoms with van der Waals surface area (Å²) >= 11 is 5.90. The molecule has 0 radical (unpaired) electrons. The molecule has 0 saturated carbocycles. The molecular formula is C19H21ClN2O5S. The first kappa shape index (κ1) is 21.9. The van der Waals surface area contributed by atoms with Gasteiger partial charge in [0.1, 0.15) is 0 Å². The summed E-state index contributed by atoms with van der Waals surface area (Å²) < 4.78 is 31.6. The van der Waals surface area contributed by atoms with Crippen molar-refractivity contribution in [2.24, 2.45) is 0 Å². The first-order valence-corrected chi connectivity index (χ1v) is 10.1. The molecule has 2 aromatic rings. The Balaban J connectivity index is 2.39. The molecule has 1 aromatic heterocycles. The molecule has 0 aliphatic carbocycles. The summed E-state index contributed by atoms with van der Waals surface area (Å²) in [7, 11) is -2.73. The van der Waals surface area contributed by atoms with E-state index >= 15 is 0 Å².